The number of nitrogens with one attached hydrogen (secondary N) is 1. The van der Waals surface area contributed by atoms with Crippen molar-refractivity contribution in [1.82, 2.24) is 14.5 Å². The minimum atomic E-state index is -3.99. The van der Waals surface area contributed by atoms with Crippen LogP contribution < -0.4 is 5.32 Å². The Hall–Kier alpha value is -3.53. The molecule has 2 amide bonds. The molecule has 1 atom stereocenters. The number of nitrogens with zero attached hydrogens (tertiary/aromatic N) is 2. The third kappa shape index (κ3) is 7.94. The van der Waals surface area contributed by atoms with Crippen molar-refractivity contribution in [3.63, 3.8) is 0 Å². The number of benzene rings is 4. The Bertz CT molecular complexity index is 1690. The van der Waals surface area contributed by atoms with E-state index in [2.05, 4.69) is 21.2 Å². The first-order chi connectivity index (χ1) is 21.2. The second-order valence-corrected chi connectivity index (χ2v) is 14.4. The summed E-state index contributed by atoms with van der Waals surface area (Å²) in [5, 5.41) is 4.95. The van der Waals surface area contributed by atoms with Crippen molar-refractivity contribution in [1.29, 1.82) is 0 Å². The minimum absolute atomic E-state index is 0.0649. The smallest absolute Gasteiger partial charge is 0.243 e. The van der Waals surface area contributed by atoms with Crippen LogP contribution in [0.1, 0.15) is 43.2 Å². The Morgan fingerprint density at radius 1 is 0.841 bits per heavy atom. The number of carbonyl (C=O) groups is 2. The van der Waals surface area contributed by atoms with Crippen LogP contribution in [0.4, 0.5) is 0 Å². The summed E-state index contributed by atoms with van der Waals surface area (Å²) in [4.78, 5) is 29.8. The average Bonchev–Trinajstić information content (AvgIpc) is 3.04. The number of sulfonamides is 1. The van der Waals surface area contributed by atoms with Gasteiger partial charge in [0.2, 0.25) is 21.8 Å². The summed E-state index contributed by atoms with van der Waals surface area (Å²) < 4.78 is 29.3. The van der Waals surface area contributed by atoms with Gasteiger partial charge in [-0.25, -0.2) is 8.42 Å². The topological polar surface area (TPSA) is 86.8 Å². The molecule has 1 aliphatic carbocycles. The maximum absolute atomic E-state index is 14.2. The molecule has 0 radical (unpaired) electrons. The number of hydrogen-bond acceptors (Lipinski definition) is 4. The summed E-state index contributed by atoms with van der Waals surface area (Å²) in [7, 11) is -2.57. The Morgan fingerprint density at radius 2 is 1.50 bits per heavy atom. The van der Waals surface area contributed by atoms with Crippen molar-refractivity contribution in [3.05, 3.63) is 113 Å². The molecule has 0 heterocycles. The quantitative estimate of drug-likeness (QED) is 0.202. The minimum Gasteiger partial charge on any atom is -0.352 e. The van der Waals surface area contributed by atoms with Gasteiger partial charge in [0, 0.05) is 30.5 Å². The zero-order valence-electron chi connectivity index (χ0n) is 24.9. The van der Waals surface area contributed by atoms with E-state index in [1.54, 1.807) is 23.1 Å². The predicted octanol–water partition coefficient (Wildman–Crippen LogP) is 6.31. The molecule has 44 heavy (non-hydrogen) atoms. The normalized spacial score (nSPS) is 14.8. The first kappa shape index (κ1) is 31.9. The molecule has 230 valence electrons. The third-order valence-electron chi connectivity index (χ3n) is 8.28. The maximum Gasteiger partial charge on any atom is 0.243 e. The number of rotatable bonds is 11. The van der Waals surface area contributed by atoms with Crippen LogP contribution in [0, 0.1) is 0 Å². The first-order valence-corrected chi connectivity index (χ1v) is 17.3. The number of halogens is 1. The lowest BCUT2D eigenvalue weighted by molar-refractivity contribution is -0.141. The van der Waals surface area contributed by atoms with E-state index in [-0.39, 0.29) is 23.4 Å². The highest BCUT2D eigenvalue weighted by atomic mass is 79.9. The first-order valence-electron chi connectivity index (χ1n) is 15.0. The van der Waals surface area contributed by atoms with Crippen LogP contribution in [-0.2, 0) is 32.6 Å². The van der Waals surface area contributed by atoms with E-state index in [0.29, 0.717) is 6.42 Å². The summed E-state index contributed by atoms with van der Waals surface area (Å²) in [6, 6.07) is 28.9. The molecule has 0 saturated heterocycles. The molecule has 7 nitrogen and oxygen atoms in total. The van der Waals surface area contributed by atoms with Gasteiger partial charge in [0.15, 0.2) is 0 Å². The number of hydrogen-bond donors (Lipinski definition) is 1. The molecule has 0 spiro atoms. The monoisotopic (exact) mass is 675 g/mol. The Kier molecular flexibility index (Phi) is 10.5. The van der Waals surface area contributed by atoms with Gasteiger partial charge in [-0.3, -0.25) is 9.59 Å². The molecule has 0 bridgehead atoms. The molecule has 4 aromatic rings. The second kappa shape index (κ2) is 14.5. The highest BCUT2D eigenvalue weighted by Gasteiger charge is 2.34. The van der Waals surface area contributed by atoms with Crippen molar-refractivity contribution in [3.8, 4) is 0 Å². The summed E-state index contributed by atoms with van der Waals surface area (Å²) in [6.45, 7) is -0.251. The van der Waals surface area contributed by atoms with Gasteiger partial charge >= 0.3 is 0 Å². The van der Waals surface area contributed by atoms with Crippen LogP contribution in [0.15, 0.2) is 106 Å². The van der Waals surface area contributed by atoms with E-state index in [0.717, 1.165) is 62.8 Å². The van der Waals surface area contributed by atoms with Gasteiger partial charge < -0.3 is 10.2 Å². The van der Waals surface area contributed by atoms with E-state index < -0.39 is 28.5 Å². The molecule has 5 rings (SSSR count). The second-order valence-electron chi connectivity index (χ2n) is 11.5. The molecule has 4 aromatic carbocycles. The van der Waals surface area contributed by atoms with Crippen molar-refractivity contribution in [2.75, 3.05) is 13.6 Å². The average molecular weight is 677 g/mol. The SMILES string of the molecule is CN(CC(=O)N(Cc1ccc(Br)cc1)C(Cc1ccccc1)C(=O)NC1CCCCC1)S(=O)(=O)c1ccc2ccccc2c1. The molecule has 1 aliphatic rings. The number of amides is 2. The fourth-order valence-electron chi connectivity index (χ4n) is 5.76. The molecule has 1 N–H and O–H groups in total. The van der Waals surface area contributed by atoms with Gasteiger partial charge in [-0.2, -0.15) is 4.31 Å². The van der Waals surface area contributed by atoms with Gasteiger partial charge in [0.05, 0.1) is 11.4 Å². The maximum atomic E-state index is 14.2. The summed E-state index contributed by atoms with van der Waals surface area (Å²) in [5.41, 5.74) is 1.76. The molecule has 1 saturated carbocycles. The lowest BCUT2D eigenvalue weighted by Gasteiger charge is -2.34. The van der Waals surface area contributed by atoms with Gasteiger partial charge in [0.1, 0.15) is 6.04 Å². The Balaban J connectivity index is 1.45. The van der Waals surface area contributed by atoms with Crippen LogP contribution >= 0.6 is 15.9 Å². The highest BCUT2D eigenvalue weighted by Crippen LogP contribution is 2.23. The summed E-state index contributed by atoms with van der Waals surface area (Å²) in [6.07, 6.45) is 5.42. The molecule has 9 heteroatoms. The van der Waals surface area contributed by atoms with E-state index in [9.17, 15) is 18.0 Å². The van der Waals surface area contributed by atoms with Crippen LogP contribution in [0.2, 0.25) is 0 Å². The lowest BCUT2D eigenvalue weighted by Crippen LogP contribution is -2.54. The summed E-state index contributed by atoms with van der Waals surface area (Å²) in [5.74, 6) is -0.661. The van der Waals surface area contributed by atoms with Crippen molar-refractivity contribution >= 4 is 48.5 Å². The van der Waals surface area contributed by atoms with Gasteiger partial charge in [0.25, 0.3) is 0 Å². The molecule has 0 aromatic heterocycles. The fourth-order valence-corrected chi connectivity index (χ4v) is 7.18. The Morgan fingerprint density at radius 3 is 2.20 bits per heavy atom. The number of likely N-dealkylation sites (N-methyl/N-ethyl adjacent to an activating group) is 1. The Labute approximate surface area is 268 Å². The largest absolute Gasteiger partial charge is 0.352 e. The molecule has 1 fully saturated rings. The molecule has 1 unspecified atom stereocenters. The standard InChI is InChI=1S/C35H38BrN3O4S/c1-38(44(42,43)32-21-18-28-12-8-9-13-29(28)23-32)25-34(40)39(24-27-16-19-30(36)20-17-27)33(22-26-10-4-2-5-11-26)35(41)37-31-14-6-3-7-15-31/h2,4-5,8-13,16-21,23,31,33H,3,6-7,14-15,22,24-25H2,1H3,(H,37,41). The molecular weight excluding hydrogens is 638 g/mol. The fraction of sp³-hybridized carbons (Fsp3) is 0.314. The zero-order valence-corrected chi connectivity index (χ0v) is 27.3. The number of carbonyl (C=O) groups excluding carboxylic acids is 2. The van der Waals surface area contributed by atoms with E-state index in [1.807, 2.05) is 78.9 Å². The molecule has 0 aliphatic heterocycles. The zero-order chi connectivity index (χ0) is 31.1. The van der Waals surface area contributed by atoms with Gasteiger partial charge in [-0.15, -0.1) is 0 Å². The van der Waals surface area contributed by atoms with Crippen molar-refractivity contribution in [2.45, 2.75) is 62.0 Å². The van der Waals surface area contributed by atoms with Crippen molar-refractivity contribution in [2.24, 2.45) is 0 Å². The van der Waals surface area contributed by atoms with Crippen LogP contribution in [0.5, 0.6) is 0 Å². The van der Waals surface area contributed by atoms with Crippen molar-refractivity contribution < 1.29 is 18.0 Å². The van der Waals surface area contributed by atoms with Crippen LogP contribution in [0.25, 0.3) is 10.8 Å². The lowest BCUT2D eigenvalue weighted by atomic mass is 9.94. The summed E-state index contributed by atoms with van der Waals surface area (Å²) >= 11 is 3.47. The third-order valence-corrected chi connectivity index (χ3v) is 10.6. The van der Waals surface area contributed by atoms with E-state index in [1.165, 1.54) is 7.05 Å². The predicted molar refractivity (Wildman–Crippen MR) is 177 cm³/mol. The van der Waals surface area contributed by atoms with E-state index >= 15 is 0 Å². The number of fused-ring (bicyclic) bond motifs is 1. The van der Waals surface area contributed by atoms with Gasteiger partial charge in [-0.05, 0) is 59.0 Å². The van der Waals surface area contributed by atoms with Crippen LogP contribution in [0.3, 0.4) is 0 Å². The van der Waals surface area contributed by atoms with Gasteiger partial charge in [-0.1, -0.05) is 108 Å². The van der Waals surface area contributed by atoms with E-state index in [4.69, 9.17) is 0 Å². The highest BCUT2D eigenvalue weighted by molar-refractivity contribution is 9.10. The molecular formula is C35H38BrN3O4S. The van der Waals surface area contributed by atoms with Crippen LogP contribution in [-0.4, -0.2) is 55.1 Å².